The van der Waals surface area contributed by atoms with Crippen LogP contribution >= 0.6 is 0 Å². The quantitative estimate of drug-likeness (QED) is 0.726. The average molecular weight is 304 g/mol. The third-order valence-corrected chi connectivity index (χ3v) is 3.09. The fourth-order valence-electron chi connectivity index (χ4n) is 2.00. The van der Waals surface area contributed by atoms with Crippen molar-refractivity contribution in [3.63, 3.8) is 0 Å². The molecule has 1 amide bonds. The predicted octanol–water partition coefficient (Wildman–Crippen LogP) is 1.78. The molecule has 2 aromatic heterocycles. The molecule has 118 valence electrons. The molecule has 0 spiro atoms. The molecule has 0 atom stereocenters. The number of amides is 1. The largest absolute Gasteiger partial charge is 0.463 e. The van der Waals surface area contributed by atoms with Crippen LogP contribution in [0, 0.1) is 6.92 Å². The third-order valence-electron chi connectivity index (χ3n) is 3.09. The summed E-state index contributed by atoms with van der Waals surface area (Å²) in [6.45, 7) is 3.16. The fraction of sp³-hybridized carbons (Fsp3) is 0.375. The van der Waals surface area contributed by atoms with E-state index in [0.29, 0.717) is 48.9 Å². The second kappa shape index (κ2) is 8.31. The minimum absolute atomic E-state index is 0.0131. The molecule has 6 nitrogen and oxygen atoms in total. The number of hydrogen-bond acceptors (Lipinski definition) is 5. The molecule has 0 bridgehead atoms. The summed E-state index contributed by atoms with van der Waals surface area (Å²) in [7, 11) is 0. The summed E-state index contributed by atoms with van der Waals surface area (Å²) in [4.78, 5) is 16.5. The van der Waals surface area contributed by atoms with Crippen LogP contribution in [0.3, 0.4) is 0 Å². The van der Waals surface area contributed by atoms with E-state index in [-0.39, 0.29) is 12.5 Å². The monoisotopic (exact) mass is 304 g/mol. The zero-order chi connectivity index (χ0) is 15.8. The molecule has 0 aromatic carbocycles. The van der Waals surface area contributed by atoms with Gasteiger partial charge in [-0.3, -0.25) is 4.79 Å². The van der Waals surface area contributed by atoms with E-state index in [1.807, 2.05) is 6.07 Å². The van der Waals surface area contributed by atoms with Crippen molar-refractivity contribution in [2.75, 3.05) is 26.4 Å². The summed E-state index contributed by atoms with van der Waals surface area (Å²) >= 11 is 0. The van der Waals surface area contributed by atoms with Crippen LogP contribution < -0.4 is 5.32 Å². The second-order valence-corrected chi connectivity index (χ2v) is 4.75. The van der Waals surface area contributed by atoms with Crippen molar-refractivity contribution in [2.45, 2.75) is 13.3 Å². The minimum atomic E-state index is -0.154. The molecule has 0 aliphatic rings. The van der Waals surface area contributed by atoms with E-state index in [1.165, 1.54) is 0 Å². The van der Waals surface area contributed by atoms with Gasteiger partial charge in [0.05, 0.1) is 30.7 Å². The molecule has 0 aliphatic carbocycles. The summed E-state index contributed by atoms with van der Waals surface area (Å²) < 4.78 is 10.4. The van der Waals surface area contributed by atoms with E-state index >= 15 is 0 Å². The van der Waals surface area contributed by atoms with Gasteiger partial charge in [-0.1, -0.05) is 0 Å². The number of aliphatic hydroxyl groups is 1. The Morgan fingerprint density at radius 2 is 2.23 bits per heavy atom. The Bertz CT molecular complexity index is 596. The Labute approximate surface area is 129 Å². The van der Waals surface area contributed by atoms with Crippen molar-refractivity contribution >= 4 is 5.91 Å². The van der Waals surface area contributed by atoms with Crippen LogP contribution in [0.1, 0.15) is 22.5 Å². The third kappa shape index (κ3) is 4.41. The molecule has 0 fully saturated rings. The van der Waals surface area contributed by atoms with Crippen molar-refractivity contribution in [3.8, 4) is 11.5 Å². The molecule has 22 heavy (non-hydrogen) atoms. The summed E-state index contributed by atoms with van der Waals surface area (Å²) in [6, 6.07) is 7.14. The molecule has 0 radical (unpaired) electrons. The van der Waals surface area contributed by atoms with E-state index in [1.54, 1.807) is 31.4 Å². The van der Waals surface area contributed by atoms with Gasteiger partial charge >= 0.3 is 0 Å². The number of rotatable bonds is 8. The van der Waals surface area contributed by atoms with Crippen LogP contribution in [0.4, 0.5) is 0 Å². The number of hydrogen-bond donors (Lipinski definition) is 2. The predicted molar refractivity (Wildman–Crippen MR) is 81.5 cm³/mol. The number of aromatic nitrogens is 1. The van der Waals surface area contributed by atoms with Gasteiger partial charge in [0.1, 0.15) is 5.69 Å². The lowest BCUT2D eigenvalue weighted by Gasteiger charge is -2.08. The number of ether oxygens (including phenoxy) is 1. The number of furan rings is 1. The Morgan fingerprint density at radius 3 is 2.91 bits per heavy atom. The van der Waals surface area contributed by atoms with Gasteiger partial charge in [0, 0.05) is 13.2 Å². The number of aryl methyl sites for hydroxylation is 1. The highest BCUT2D eigenvalue weighted by Gasteiger charge is 2.11. The molecule has 0 unspecified atom stereocenters. The molecule has 6 heteroatoms. The van der Waals surface area contributed by atoms with E-state index < -0.39 is 0 Å². The standard InChI is InChI=1S/C16H20N2O4/c1-12-13(16(20)17-7-3-9-21-11-8-19)5-6-14(18-12)15-4-2-10-22-15/h2,4-6,10,19H,3,7-9,11H2,1H3,(H,17,20). The maximum Gasteiger partial charge on any atom is 0.253 e. The fourth-order valence-corrected chi connectivity index (χ4v) is 2.00. The first-order chi connectivity index (χ1) is 10.7. The lowest BCUT2D eigenvalue weighted by Crippen LogP contribution is -2.26. The topological polar surface area (TPSA) is 84.6 Å². The van der Waals surface area contributed by atoms with Gasteiger partial charge in [0.15, 0.2) is 5.76 Å². The molecule has 0 saturated heterocycles. The highest BCUT2D eigenvalue weighted by Crippen LogP contribution is 2.19. The maximum absolute atomic E-state index is 12.1. The van der Waals surface area contributed by atoms with Gasteiger partial charge in [-0.15, -0.1) is 0 Å². The van der Waals surface area contributed by atoms with Gasteiger partial charge in [-0.05, 0) is 37.6 Å². The van der Waals surface area contributed by atoms with Crippen LogP contribution in [0.25, 0.3) is 11.5 Å². The van der Waals surface area contributed by atoms with Crippen molar-refractivity contribution in [1.29, 1.82) is 0 Å². The van der Waals surface area contributed by atoms with E-state index in [9.17, 15) is 4.79 Å². The first-order valence-electron chi connectivity index (χ1n) is 7.20. The Hall–Kier alpha value is -2.18. The molecule has 0 aliphatic heterocycles. The Kier molecular flexibility index (Phi) is 6.12. The van der Waals surface area contributed by atoms with Gasteiger partial charge in [0.2, 0.25) is 0 Å². The second-order valence-electron chi connectivity index (χ2n) is 4.75. The lowest BCUT2D eigenvalue weighted by molar-refractivity contribution is 0.0867. The summed E-state index contributed by atoms with van der Waals surface area (Å²) in [5.41, 5.74) is 1.91. The number of nitrogens with zero attached hydrogens (tertiary/aromatic N) is 1. The Balaban J connectivity index is 1.88. The maximum atomic E-state index is 12.1. The van der Waals surface area contributed by atoms with Crippen LogP contribution in [-0.2, 0) is 4.74 Å². The lowest BCUT2D eigenvalue weighted by atomic mass is 10.1. The zero-order valence-corrected chi connectivity index (χ0v) is 12.5. The average Bonchev–Trinajstić information content (AvgIpc) is 3.04. The summed E-state index contributed by atoms with van der Waals surface area (Å²) in [6.07, 6.45) is 2.29. The molecule has 2 heterocycles. The van der Waals surface area contributed by atoms with Crippen molar-refractivity contribution < 1.29 is 19.1 Å². The first-order valence-corrected chi connectivity index (χ1v) is 7.20. The highest BCUT2D eigenvalue weighted by atomic mass is 16.5. The summed E-state index contributed by atoms with van der Waals surface area (Å²) in [5, 5.41) is 11.4. The molecule has 2 N–H and O–H groups in total. The number of nitrogens with one attached hydrogen (secondary N) is 1. The van der Waals surface area contributed by atoms with Gasteiger partial charge in [0.25, 0.3) is 5.91 Å². The van der Waals surface area contributed by atoms with Crippen LogP contribution in [0.5, 0.6) is 0 Å². The van der Waals surface area contributed by atoms with E-state index in [4.69, 9.17) is 14.3 Å². The number of carbonyl (C=O) groups excluding carboxylic acids is 1. The van der Waals surface area contributed by atoms with Crippen LogP contribution in [-0.4, -0.2) is 42.4 Å². The normalized spacial score (nSPS) is 10.6. The van der Waals surface area contributed by atoms with Gasteiger partial charge in [-0.25, -0.2) is 4.98 Å². The van der Waals surface area contributed by atoms with Crippen molar-refractivity contribution in [1.82, 2.24) is 10.3 Å². The van der Waals surface area contributed by atoms with Gasteiger partial charge in [-0.2, -0.15) is 0 Å². The van der Waals surface area contributed by atoms with E-state index in [0.717, 1.165) is 0 Å². The van der Waals surface area contributed by atoms with Crippen LogP contribution in [0.2, 0.25) is 0 Å². The van der Waals surface area contributed by atoms with Crippen molar-refractivity contribution in [2.24, 2.45) is 0 Å². The van der Waals surface area contributed by atoms with Gasteiger partial charge < -0.3 is 19.6 Å². The Morgan fingerprint density at radius 1 is 1.36 bits per heavy atom. The van der Waals surface area contributed by atoms with Crippen molar-refractivity contribution in [3.05, 3.63) is 41.8 Å². The molecule has 2 rings (SSSR count). The highest BCUT2D eigenvalue weighted by molar-refractivity contribution is 5.95. The first kappa shape index (κ1) is 16.2. The smallest absolute Gasteiger partial charge is 0.253 e. The number of pyridine rings is 1. The molecule has 2 aromatic rings. The molecular weight excluding hydrogens is 284 g/mol. The SMILES string of the molecule is Cc1nc(-c2ccco2)ccc1C(=O)NCCCOCCO. The number of carbonyl (C=O) groups is 1. The minimum Gasteiger partial charge on any atom is -0.463 e. The van der Waals surface area contributed by atoms with E-state index in [2.05, 4.69) is 10.3 Å². The summed E-state index contributed by atoms with van der Waals surface area (Å²) in [5.74, 6) is 0.522. The van der Waals surface area contributed by atoms with Crippen LogP contribution in [0.15, 0.2) is 34.9 Å². The molecular formula is C16H20N2O4. The molecule has 0 saturated carbocycles. The number of aliphatic hydroxyl groups excluding tert-OH is 1. The zero-order valence-electron chi connectivity index (χ0n) is 12.5.